The molecule has 1 saturated carbocycles. The van der Waals surface area contributed by atoms with Crippen molar-refractivity contribution >= 4 is 9.28 Å². The van der Waals surface area contributed by atoms with Crippen LogP contribution in [0.1, 0.15) is 33.1 Å². The molecule has 0 aromatic rings. The second kappa shape index (κ2) is 5.73. The standard InChI is InChI=1S/C9H19O2Si/c1-3-10-12(11-4-2)8-9-6-5-7-9/h9H,3-8H2,1-2H3. The van der Waals surface area contributed by atoms with Crippen molar-refractivity contribution in [1.82, 2.24) is 0 Å². The molecule has 1 rings (SSSR count). The molecule has 0 unspecified atom stereocenters. The van der Waals surface area contributed by atoms with Gasteiger partial charge >= 0.3 is 9.28 Å². The van der Waals surface area contributed by atoms with E-state index in [0.717, 1.165) is 19.1 Å². The Morgan fingerprint density at radius 1 is 1.17 bits per heavy atom. The molecule has 12 heavy (non-hydrogen) atoms. The molecule has 1 aliphatic rings. The van der Waals surface area contributed by atoms with Crippen LogP contribution in [0.2, 0.25) is 6.04 Å². The van der Waals surface area contributed by atoms with Crippen LogP contribution < -0.4 is 0 Å². The summed E-state index contributed by atoms with van der Waals surface area (Å²) in [5.41, 5.74) is 0. The third-order valence-electron chi connectivity index (χ3n) is 2.29. The lowest BCUT2D eigenvalue weighted by atomic mass is 9.87. The Bertz CT molecular complexity index is 109. The van der Waals surface area contributed by atoms with E-state index < -0.39 is 9.28 Å². The first-order valence-electron chi connectivity index (χ1n) is 4.98. The van der Waals surface area contributed by atoms with Crippen molar-refractivity contribution in [3.8, 4) is 0 Å². The van der Waals surface area contributed by atoms with E-state index in [9.17, 15) is 0 Å². The zero-order chi connectivity index (χ0) is 8.81. The third kappa shape index (κ3) is 3.25. The summed E-state index contributed by atoms with van der Waals surface area (Å²) in [5.74, 6) is 0.914. The van der Waals surface area contributed by atoms with E-state index in [0.29, 0.717) is 0 Å². The average Bonchev–Trinajstić information content (AvgIpc) is 1.97. The fourth-order valence-electron chi connectivity index (χ4n) is 1.41. The van der Waals surface area contributed by atoms with Gasteiger partial charge in [-0.2, -0.15) is 0 Å². The van der Waals surface area contributed by atoms with Gasteiger partial charge in [-0.3, -0.25) is 0 Å². The summed E-state index contributed by atoms with van der Waals surface area (Å²) in [6.07, 6.45) is 4.21. The van der Waals surface area contributed by atoms with Gasteiger partial charge in [-0.05, 0) is 25.8 Å². The lowest BCUT2D eigenvalue weighted by Crippen LogP contribution is -2.28. The van der Waals surface area contributed by atoms with Gasteiger partial charge in [-0.15, -0.1) is 0 Å². The molecular formula is C9H19O2Si. The largest absolute Gasteiger partial charge is 0.394 e. The normalized spacial score (nSPS) is 18.2. The summed E-state index contributed by atoms with van der Waals surface area (Å²) in [4.78, 5) is 0. The molecule has 2 nitrogen and oxygen atoms in total. The molecule has 1 fully saturated rings. The summed E-state index contributed by atoms with van der Waals surface area (Å²) in [6, 6.07) is 1.20. The van der Waals surface area contributed by atoms with Crippen LogP contribution in [0.15, 0.2) is 0 Å². The van der Waals surface area contributed by atoms with Gasteiger partial charge in [0.15, 0.2) is 0 Å². The molecule has 0 amide bonds. The molecular weight excluding hydrogens is 168 g/mol. The molecule has 0 aliphatic heterocycles. The van der Waals surface area contributed by atoms with E-state index in [-0.39, 0.29) is 0 Å². The first-order valence-corrected chi connectivity index (χ1v) is 6.50. The molecule has 0 aromatic heterocycles. The van der Waals surface area contributed by atoms with Gasteiger partial charge in [0.1, 0.15) is 0 Å². The van der Waals surface area contributed by atoms with E-state index in [2.05, 4.69) is 0 Å². The summed E-state index contributed by atoms with van der Waals surface area (Å²) < 4.78 is 11.1. The van der Waals surface area contributed by atoms with E-state index >= 15 is 0 Å². The number of hydrogen-bond donors (Lipinski definition) is 0. The van der Waals surface area contributed by atoms with E-state index in [4.69, 9.17) is 8.85 Å². The van der Waals surface area contributed by atoms with Gasteiger partial charge in [0.2, 0.25) is 0 Å². The molecule has 3 heteroatoms. The highest BCUT2D eigenvalue weighted by atomic mass is 28.3. The molecule has 0 spiro atoms. The Morgan fingerprint density at radius 3 is 2.08 bits per heavy atom. The molecule has 0 heterocycles. The Balaban J connectivity index is 2.11. The lowest BCUT2D eigenvalue weighted by Gasteiger charge is -2.27. The quantitative estimate of drug-likeness (QED) is 0.594. The molecule has 0 N–H and O–H groups in total. The van der Waals surface area contributed by atoms with Gasteiger partial charge in [-0.1, -0.05) is 19.3 Å². The van der Waals surface area contributed by atoms with Crippen LogP contribution in [0.3, 0.4) is 0 Å². The molecule has 1 radical (unpaired) electrons. The highest BCUT2D eigenvalue weighted by molar-refractivity contribution is 6.44. The van der Waals surface area contributed by atoms with Crippen molar-refractivity contribution in [2.75, 3.05) is 13.2 Å². The number of hydrogen-bond acceptors (Lipinski definition) is 2. The summed E-state index contributed by atoms with van der Waals surface area (Å²) in [7, 11) is -0.906. The van der Waals surface area contributed by atoms with Crippen molar-refractivity contribution in [3.63, 3.8) is 0 Å². The van der Waals surface area contributed by atoms with E-state index in [1.807, 2.05) is 13.8 Å². The van der Waals surface area contributed by atoms with Crippen LogP contribution in [-0.4, -0.2) is 22.5 Å². The van der Waals surface area contributed by atoms with Crippen molar-refractivity contribution in [3.05, 3.63) is 0 Å². The van der Waals surface area contributed by atoms with Crippen LogP contribution in [0.25, 0.3) is 0 Å². The molecule has 0 bridgehead atoms. The maximum atomic E-state index is 5.57. The van der Waals surface area contributed by atoms with Gasteiger partial charge in [0.25, 0.3) is 0 Å². The molecule has 71 valence electrons. The summed E-state index contributed by atoms with van der Waals surface area (Å²) in [6.45, 7) is 5.71. The Morgan fingerprint density at radius 2 is 1.75 bits per heavy atom. The van der Waals surface area contributed by atoms with Crippen LogP contribution >= 0.6 is 0 Å². The van der Waals surface area contributed by atoms with E-state index in [1.54, 1.807) is 0 Å². The molecule has 0 saturated heterocycles. The summed E-state index contributed by atoms with van der Waals surface area (Å²) >= 11 is 0. The van der Waals surface area contributed by atoms with Crippen molar-refractivity contribution in [2.45, 2.75) is 39.2 Å². The number of rotatable bonds is 6. The fraction of sp³-hybridized carbons (Fsp3) is 1.00. The van der Waals surface area contributed by atoms with Gasteiger partial charge in [0, 0.05) is 13.2 Å². The van der Waals surface area contributed by atoms with E-state index in [1.165, 1.54) is 25.3 Å². The minimum absolute atomic E-state index is 0.807. The van der Waals surface area contributed by atoms with Crippen LogP contribution in [-0.2, 0) is 8.85 Å². The Kier molecular flexibility index (Phi) is 4.88. The topological polar surface area (TPSA) is 18.5 Å². The molecule has 0 atom stereocenters. The average molecular weight is 187 g/mol. The maximum absolute atomic E-state index is 5.57. The Hall–Kier alpha value is 0.137. The maximum Gasteiger partial charge on any atom is 0.384 e. The van der Waals surface area contributed by atoms with Crippen LogP contribution in [0.5, 0.6) is 0 Å². The smallest absolute Gasteiger partial charge is 0.384 e. The second-order valence-corrected chi connectivity index (χ2v) is 4.97. The third-order valence-corrected chi connectivity index (χ3v) is 4.42. The SMILES string of the molecule is CCO[Si](CC1CCC1)OCC. The second-order valence-electron chi connectivity index (χ2n) is 3.24. The van der Waals surface area contributed by atoms with Gasteiger partial charge in [0.05, 0.1) is 0 Å². The minimum atomic E-state index is -0.906. The zero-order valence-electron chi connectivity index (χ0n) is 8.14. The highest BCUT2D eigenvalue weighted by Gasteiger charge is 2.25. The summed E-state index contributed by atoms with van der Waals surface area (Å²) in [5, 5.41) is 0. The van der Waals surface area contributed by atoms with Crippen LogP contribution in [0.4, 0.5) is 0 Å². The van der Waals surface area contributed by atoms with Crippen LogP contribution in [0, 0.1) is 5.92 Å². The zero-order valence-corrected chi connectivity index (χ0v) is 9.14. The van der Waals surface area contributed by atoms with Crippen molar-refractivity contribution < 1.29 is 8.85 Å². The van der Waals surface area contributed by atoms with Gasteiger partial charge < -0.3 is 8.85 Å². The monoisotopic (exact) mass is 187 g/mol. The predicted octanol–water partition coefficient (Wildman–Crippen LogP) is 2.35. The first kappa shape index (κ1) is 10.2. The Labute approximate surface area is 77.1 Å². The van der Waals surface area contributed by atoms with Crippen molar-refractivity contribution in [2.24, 2.45) is 5.92 Å². The van der Waals surface area contributed by atoms with Gasteiger partial charge in [-0.25, -0.2) is 0 Å². The highest BCUT2D eigenvalue weighted by Crippen LogP contribution is 2.31. The van der Waals surface area contributed by atoms with Crippen molar-refractivity contribution in [1.29, 1.82) is 0 Å². The minimum Gasteiger partial charge on any atom is -0.394 e. The predicted molar refractivity (Wildman–Crippen MR) is 51.2 cm³/mol. The fourth-order valence-corrected chi connectivity index (χ4v) is 3.26. The first-order chi connectivity index (χ1) is 5.86. The molecule has 1 aliphatic carbocycles. The molecule has 0 aromatic carbocycles. The lowest BCUT2D eigenvalue weighted by molar-refractivity contribution is 0.198.